The molecule has 1 saturated heterocycles. The monoisotopic (exact) mass is 242 g/mol. The van der Waals surface area contributed by atoms with E-state index in [1.807, 2.05) is 0 Å². The van der Waals surface area contributed by atoms with E-state index in [0.717, 1.165) is 6.54 Å². The van der Waals surface area contributed by atoms with Gasteiger partial charge in [0.2, 0.25) is 0 Å². The molecule has 1 aliphatic heterocycles. The van der Waals surface area contributed by atoms with Crippen molar-refractivity contribution in [3.8, 4) is 0 Å². The Morgan fingerprint density at radius 2 is 1.88 bits per heavy atom. The lowest BCUT2D eigenvalue weighted by Crippen LogP contribution is -2.45. The molecule has 0 spiro atoms. The third-order valence-electron chi connectivity index (χ3n) is 4.08. The smallest absolute Gasteiger partial charge is 0.00729 e. The number of nitrogens with one attached hydrogen (secondary N) is 1. The molecule has 94 valence electrons. The van der Waals surface area contributed by atoms with Crippen LogP contribution >= 0.6 is 11.8 Å². The van der Waals surface area contributed by atoms with E-state index in [0.29, 0.717) is 5.41 Å². The Hall–Kier alpha value is 0.270. The van der Waals surface area contributed by atoms with Crippen LogP contribution in [0.1, 0.15) is 32.6 Å². The van der Waals surface area contributed by atoms with Crippen LogP contribution < -0.4 is 5.32 Å². The number of hydrogen-bond acceptors (Lipinski definition) is 3. The summed E-state index contributed by atoms with van der Waals surface area (Å²) in [4.78, 5) is 2.71. The minimum Gasteiger partial charge on any atom is -0.316 e. The van der Waals surface area contributed by atoms with Crippen LogP contribution in [0.2, 0.25) is 0 Å². The van der Waals surface area contributed by atoms with Crippen molar-refractivity contribution in [1.82, 2.24) is 10.2 Å². The minimum absolute atomic E-state index is 0.609. The predicted molar refractivity (Wildman–Crippen MR) is 73.2 cm³/mol. The van der Waals surface area contributed by atoms with E-state index in [9.17, 15) is 0 Å². The van der Waals surface area contributed by atoms with Gasteiger partial charge in [-0.3, -0.25) is 0 Å². The van der Waals surface area contributed by atoms with Crippen molar-refractivity contribution in [3.63, 3.8) is 0 Å². The Morgan fingerprint density at radius 1 is 1.19 bits per heavy atom. The lowest BCUT2D eigenvalue weighted by atomic mass is 9.85. The maximum atomic E-state index is 3.59. The third-order valence-corrected chi connectivity index (χ3v) is 5.02. The first kappa shape index (κ1) is 12.7. The third kappa shape index (κ3) is 3.38. The van der Waals surface area contributed by atoms with Crippen molar-refractivity contribution in [1.29, 1.82) is 0 Å². The molecule has 0 aromatic heterocycles. The van der Waals surface area contributed by atoms with E-state index in [4.69, 9.17) is 0 Å². The van der Waals surface area contributed by atoms with E-state index in [2.05, 4.69) is 28.9 Å². The zero-order valence-electron chi connectivity index (χ0n) is 10.6. The Morgan fingerprint density at radius 3 is 2.50 bits per heavy atom. The van der Waals surface area contributed by atoms with Crippen LogP contribution in [-0.4, -0.2) is 49.1 Å². The normalized spacial score (nSPS) is 26.1. The molecule has 1 N–H and O–H groups in total. The molecule has 2 rings (SSSR count). The van der Waals surface area contributed by atoms with Gasteiger partial charge < -0.3 is 10.2 Å². The van der Waals surface area contributed by atoms with Crippen LogP contribution in [0, 0.1) is 5.41 Å². The van der Waals surface area contributed by atoms with E-state index in [-0.39, 0.29) is 0 Å². The number of thioether (sulfide) groups is 1. The van der Waals surface area contributed by atoms with Gasteiger partial charge in [0.1, 0.15) is 0 Å². The van der Waals surface area contributed by atoms with Crippen LogP contribution in [0.3, 0.4) is 0 Å². The van der Waals surface area contributed by atoms with Gasteiger partial charge in [0.25, 0.3) is 0 Å². The fourth-order valence-electron chi connectivity index (χ4n) is 3.14. The van der Waals surface area contributed by atoms with Crippen molar-refractivity contribution in [2.24, 2.45) is 5.41 Å². The second-order valence-corrected chi connectivity index (χ2v) is 6.60. The molecule has 16 heavy (non-hydrogen) atoms. The van der Waals surface area contributed by atoms with Crippen molar-refractivity contribution >= 4 is 11.8 Å². The summed E-state index contributed by atoms with van der Waals surface area (Å²) >= 11 is 2.12. The molecule has 0 aromatic rings. The van der Waals surface area contributed by atoms with Gasteiger partial charge in [-0.15, -0.1) is 0 Å². The topological polar surface area (TPSA) is 15.3 Å². The molecule has 0 amide bonds. The quantitative estimate of drug-likeness (QED) is 0.796. The highest BCUT2D eigenvalue weighted by Gasteiger charge is 2.35. The zero-order valence-corrected chi connectivity index (χ0v) is 11.5. The van der Waals surface area contributed by atoms with Crippen molar-refractivity contribution < 1.29 is 0 Å². The number of hydrogen-bond donors (Lipinski definition) is 1. The van der Waals surface area contributed by atoms with Gasteiger partial charge in [-0.1, -0.05) is 19.8 Å². The van der Waals surface area contributed by atoms with Crippen molar-refractivity contribution in [3.05, 3.63) is 0 Å². The maximum absolute atomic E-state index is 3.59. The molecule has 0 bridgehead atoms. The van der Waals surface area contributed by atoms with Crippen LogP contribution in [0.25, 0.3) is 0 Å². The first-order chi connectivity index (χ1) is 7.85. The zero-order chi connectivity index (χ0) is 11.3. The van der Waals surface area contributed by atoms with E-state index in [1.165, 1.54) is 63.4 Å². The molecule has 0 atom stereocenters. The first-order valence-corrected chi connectivity index (χ1v) is 8.01. The highest BCUT2D eigenvalue weighted by atomic mass is 32.2. The molecule has 0 radical (unpaired) electrons. The summed E-state index contributed by atoms with van der Waals surface area (Å²) in [6, 6.07) is 0. The fourth-order valence-corrected chi connectivity index (χ4v) is 4.12. The molecule has 0 aromatic carbocycles. The Balaban J connectivity index is 1.85. The van der Waals surface area contributed by atoms with E-state index >= 15 is 0 Å². The number of nitrogens with zero attached hydrogens (tertiary/aromatic N) is 1. The molecule has 0 unspecified atom stereocenters. The average Bonchev–Trinajstić information content (AvgIpc) is 2.77. The van der Waals surface area contributed by atoms with E-state index < -0.39 is 0 Å². The standard InChI is InChI=1S/C13H26N2S/c1-2-14-11-13(5-3-4-6-13)12-15-7-9-16-10-8-15/h14H,2-12H2,1H3. The highest BCUT2D eigenvalue weighted by Crippen LogP contribution is 2.38. The van der Waals surface area contributed by atoms with Gasteiger partial charge in [-0.2, -0.15) is 11.8 Å². The summed E-state index contributed by atoms with van der Waals surface area (Å²) in [5.74, 6) is 2.69. The first-order valence-electron chi connectivity index (χ1n) is 6.85. The molecule has 2 aliphatic rings. The maximum Gasteiger partial charge on any atom is 0.00729 e. The largest absolute Gasteiger partial charge is 0.316 e. The lowest BCUT2D eigenvalue weighted by Gasteiger charge is -2.37. The summed E-state index contributed by atoms with van der Waals surface area (Å²) < 4.78 is 0. The van der Waals surface area contributed by atoms with Gasteiger partial charge in [-0.05, 0) is 24.8 Å². The van der Waals surface area contributed by atoms with Gasteiger partial charge >= 0.3 is 0 Å². The highest BCUT2D eigenvalue weighted by molar-refractivity contribution is 7.99. The molecule has 3 heteroatoms. The van der Waals surface area contributed by atoms with E-state index in [1.54, 1.807) is 0 Å². The molecule has 2 fully saturated rings. The molecular weight excluding hydrogens is 216 g/mol. The Bertz CT molecular complexity index is 196. The SMILES string of the molecule is CCNCC1(CN2CCSCC2)CCCC1. The summed E-state index contributed by atoms with van der Waals surface area (Å²) in [5, 5.41) is 3.59. The van der Waals surface area contributed by atoms with Crippen molar-refractivity contribution in [2.75, 3.05) is 44.2 Å². The summed E-state index contributed by atoms with van der Waals surface area (Å²) in [6.07, 6.45) is 5.80. The molecule has 1 heterocycles. The summed E-state index contributed by atoms with van der Waals surface area (Å²) in [5.41, 5.74) is 0.609. The molecule has 2 nitrogen and oxygen atoms in total. The van der Waals surface area contributed by atoms with Gasteiger partial charge in [0.05, 0.1) is 0 Å². The minimum atomic E-state index is 0.609. The van der Waals surface area contributed by atoms with Gasteiger partial charge in [0.15, 0.2) is 0 Å². The molecule has 1 saturated carbocycles. The predicted octanol–water partition coefficient (Wildman–Crippen LogP) is 2.21. The Kier molecular flexibility index (Phi) is 4.98. The van der Waals surface area contributed by atoms with Crippen LogP contribution in [-0.2, 0) is 0 Å². The van der Waals surface area contributed by atoms with Crippen LogP contribution in [0.4, 0.5) is 0 Å². The Labute approximate surface area is 105 Å². The average molecular weight is 242 g/mol. The van der Waals surface area contributed by atoms with Crippen molar-refractivity contribution in [2.45, 2.75) is 32.6 Å². The molecular formula is C13H26N2S. The van der Waals surface area contributed by atoms with Crippen LogP contribution in [0.15, 0.2) is 0 Å². The second kappa shape index (κ2) is 6.27. The summed E-state index contributed by atoms with van der Waals surface area (Å²) in [7, 11) is 0. The number of rotatable bonds is 5. The molecule has 1 aliphatic carbocycles. The summed E-state index contributed by atoms with van der Waals surface area (Å²) in [6.45, 7) is 8.57. The second-order valence-electron chi connectivity index (χ2n) is 5.38. The van der Waals surface area contributed by atoms with Gasteiger partial charge in [-0.25, -0.2) is 0 Å². The van der Waals surface area contributed by atoms with Gasteiger partial charge in [0, 0.05) is 37.7 Å². The fraction of sp³-hybridized carbons (Fsp3) is 1.00. The lowest BCUT2D eigenvalue weighted by molar-refractivity contribution is 0.159. The van der Waals surface area contributed by atoms with Crippen LogP contribution in [0.5, 0.6) is 0 Å².